The number of benzene rings is 4. The van der Waals surface area contributed by atoms with E-state index in [0.717, 1.165) is 16.3 Å². The Kier molecular flexibility index (Phi) is 7.37. The van der Waals surface area contributed by atoms with Gasteiger partial charge in [-0.3, -0.25) is 14.9 Å². The number of nitrogens with zero attached hydrogens (tertiary/aromatic N) is 2. The first-order valence-corrected chi connectivity index (χ1v) is 11.3. The van der Waals surface area contributed by atoms with Gasteiger partial charge in [0.15, 0.2) is 11.5 Å². The minimum Gasteiger partial charge on any atom is -0.493 e. The van der Waals surface area contributed by atoms with Crippen molar-refractivity contribution in [2.24, 2.45) is 5.10 Å². The van der Waals surface area contributed by atoms with Gasteiger partial charge >= 0.3 is 0 Å². The first kappa shape index (κ1) is 23.9. The summed E-state index contributed by atoms with van der Waals surface area (Å²) in [5.41, 5.74) is 4.28. The van der Waals surface area contributed by atoms with Crippen LogP contribution in [0.1, 0.15) is 21.5 Å². The van der Waals surface area contributed by atoms with E-state index in [9.17, 15) is 14.9 Å². The smallest absolute Gasteiger partial charge is 0.271 e. The molecule has 0 aliphatic carbocycles. The molecule has 0 saturated heterocycles. The SMILES string of the molecule is COc1cc(/C=N\NC(=O)c2ccc([N+](=O)[O-])cc2)cc(Br)c1OCc1cccc2ccccc12. The predicted octanol–water partition coefficient (Wildman–Crippen LogP) is 5.86. The van der Waals surface area contributed by atoms with Crippen molar-refractivity contribution in [3.8, 4) is 11.5 Å². The van der Waals surface area contributed by atoms with Gasteiger partial charge in [-0.1, -0.05) is 42.5 Å². The lowest BCUT2D eigenvalue weighted by Crippen LogP contribution is -2.17. The number of hydrogen-bond acceptors (Lipinski definition) is 6. The maximum Gasteiger partial charge on any atom is 0.271 e. The van der Waals surface area contributed by atoms with Gasteiger partial charge in [0, 0.05) is 17.7 Å². The Morgan fingerprint density at radius 3 is 2.57 bits per heavy atom. The second-order valence-corrected chi connectivity index (χ2v) is 8.32. The number of carbonyl (C=O) groups is 1. The summed E-state index contributed by atoms with van der Waals surface area (Å²) in [5, 5.41) is 17.0. The van der Waals surface area contributed by atoms with Crippen LogP contribution in [0.3, 0.4) is 0 Å². The molecule has 0 unspecified atom stereocenters. The quantitative estimate of drug-likeness (QED) is 0.173. The van der Waals surface area contributed by atoms with Crippen LogP contribution >= 0.6 is 15.9 Å². The molecule has 0 atom stereocenters. The van der Waals surface area contributed by atoms with E-state index in [1.807, 2.05) is 24.3 Å². The van der Waals surface area contributed by atoms with Crippen LogP contribution in [0.4, 0.5) is 5.69 Å². The molecule has 1 amide bonds. The van der Waals surface area contributed by atoms with E-state index in [-0.39, 0.29) is 11.3 Å². The van der Waals surface area contributed by atoms with Gasteiger partial charge in [-0.15, -0.1) is 0 Å². The van der Waals surface area contributed by atoms with Crippen LogP contribution in [0.25, 0.3) is 10.8 Å². The summed E-state index contributed by atoms with van der Waals surface area (Å²) >= 11 is 3.53. The van der Waals surface area contributed by atoms with Gasteiger partial charge in [0.1, 0.15) is 6.61 Å². The zero-order valence-electron chi connectivity index (χ0n) is 18.6. The number of hydrogen-bond donors (Lipinski definition) is 1. The third-order valence-corrected chi connectivity index (χ3v) is 5.81. The van der Waals surface area contributed by atoms with E-state index in [0.29, 0.717) is 28.1 Å². The Balaban J connectivity index is 1.45. The van der Waals surface area contributed by atoms with Crippen LogP contribution < -0.4 is 14.9 Å². The zero-order chi connectivity index (χ0) is 24.8. The Hall–Kier alpha value is -4.24. The molecule has 9 heteroatoms. The van der Waals surface area contributed by atoms with Crippen molar-refractivity contribution in [1.82, 2.24) is 5.43 Å². The summed E-state index contributed by atoms with van der Waals surface area (Å²) in [6.07, 6.45) is 1.46. The fourth-order valence-corrected chi connectivity index (χ4v) is 4.06. The van der Waals surface area contributed by atoms with Gasteiger partial charge in [-0.2, -0.15) is 5.10 Å². The topological polar surface area (TPSA) is 103 Å². The largest absolute Gasteiger partial charge is 0.493 e. The number of non-ortho nitro benzene ring substituents is 1. The number of halogens is 1. The van der Waals surface area contributed by atoms with Gasteiger partial charge in [0.25, 0.3) is 11.6 Å². The molecular weight excluding hydrogens is 514 g/mol. The number of nitro groups is 1. The van der Waals surface area contributed by atoms with Crippen LogP contribution in [-0.2, 0) is 6.61 Å². The minimum atomic E-state index is -0.527. The highest BCUT2D eigenvalue weighted by molar-refractivity contribution is 9.10. The molecule has 0 spiro atoms. The summed E-state index contributed by atoms with van der Waals surface area (Å²) in [6, 6.07) is 23.0. The molecule has 0 aliphatic heterocycles. The molecule has 1 N–H and O–H groups in total. The molecule has 0 saturated carbocycles. The van der Waals surface area contributed by atoms with E-state index in [4.69, 9.17) is 9.47 Å². The molecule has 176 valence electrons. The van der Waals surface area contributed by atoms with Crippen molar-refractivity contribution in [2.75, 3.05) is 7.11 Å². The predicted molar refractivity (Wildman–Crippen MR) is 137 cm³/mol. The lowest BCUT2D eigenvalue weighted by molar-refractivity contribution is -0.384. The third kappa shape index (κ3) is 5.64. The molecular formula is C26H20BrN3O5. The van der Waals surface area contributed by atoms with Crippen LogP contribution in [0.5, 0.6) is 11.5 Å². The van der Waals surface area contributed by atoms with E-state index in [2.05, 4.69) is 44.7 Å². The van der Waals surface area contributed by atoms with Crippen molar-refractivity contribution in [1.29, 1.82) is 0 Å². The lowest BCUT2D eigenvalue weighted by Gasteiger charge is -2.14. The molecule has 4 aromatic carbocycles. The highest BCUT2D eigenvalue weighted by Gasteiger charge is 2.13. The average molecular weight is 534 g/mol. The van der Waals surface area contributed by atoms with Gasteiger partial charge in [0.05, 0.1) is 22.7 Å². The number of hydrazone groups is 1. The number of nitrogens with one attached hydrogen (secondary N) is 1. The molecule has 0 heterocycles. The van der Waals surface area contributed by atoms with Crippen molar-refractivity contribution in [3.05, 3.63) is 110 Å². The van der Waals surface area contributed by atoms with E-state index >= 15 is 0 Å². The number of rotatable bonds is 8. The molecule has 8 nitrogen and oxygen atoms in total. The molecule has 0 radical (unpaired) electrons. The Morgan fingerprint density at radius 1 is 1.09 bits per heavy atom. The zero-order valence-corrected chi connectivity index (χ0v) is 20.2. The van der Waals surface area contributed by atoms with Crippen molar-refractivity contribution in [2.45, 2.75) is 6.61 Å². The van der Waals surface area contributed by atoms with Crippen LogP contribution in [0, 0.1) is 10.1 Å². The standard InChI is InChI=1S/C26H20BrN3O5/c1-34-24-14-17(15-28-29-26(31)19-9-11-21(12-10-19)30(32)33)13-23(27)25(24)35-16-20-7-4-6-18-5-2-3-8-22(18)20/h2-15H,16H2,1H3,(H,29,31)/b28-15-. The molecule has 4 rings (SSSR count). The maximum absolute atomic E-state index is 12.2. The Labute approximate surface area is 209 Å². The molecule has 35 heavy (non-hydrogen) atoms. The highest BCUT2D eigenvalue weighted by Crippen LogP contribution is 2.37. The number of carbonyl (C=O) groups excluding carboxylic acids is 1. The maximum atomic E-state index is 12.2. The van der Waals surface area contributed by atoms with Crippen molar-refractivity contribution < 1.29 is 19.2 Å². The number of ether oxygens (including phenoxy) is 2. The fourth-order valence-electron chi connectivity index (χ4n) is 3.49. The molecule has 0 bridgehead atoms. The number of nitro benzene ring substituents is 1. The first-order chi connectivity index (χ1) is 17.0. The summed E-state index contributed by atoms with van der Waals surface area (Å²) in [5.74, 6) is 0.562. The van der Waals surface area contributed by atoms with Gasteiger partial charge in [-0.25, -0.2) is 5.43 Å². The van der Waals surface area contributed by atoms with Crippen LogP contribution in [-0.4, -0.2) is 24.2 Å². The van der Waals surface area contributed by atoms with Gasteiger partial charge in [0.2, 0.25) is 0 Å². The van der Waals surface area contributed by atoms with Crippen molar-refractivity contribution >= 4 is 44.5 Å². The Morgan fingerprint density at radius 2 is 1.83 bits per heavy atom. The lowest BCUT2D eigenvalue weighted by atomic mass is 10.1. The summed E-state index contributed by atoms with van der Waals surface area (Å²) in [7, 11) is 1.55. The van der Waals surface area contributed by atoms with E-state index < -0.39 is 10.8 Å². The van der Waals surface area contributed by atoms with E-state index in [1.165, 1.54) is 30.5 Å². The van der Waals surface area contributed by atoms with E-state index in [1.54, 1.807) is 19.2 Å². The highest BCUT2D eigenvalue weighted by atomic mass is 79.9. The normalized spacial score (nSPS) is 10.9. The molecule has 0 fully saturated rings. The second kappa shape index (κ2) is 10.8. The van der Waals surface area contributed by atoms with Gasteiger partial charge in [-0.05, 0) is 62.1 Å². The van der Waals surface area contributed by atoms with Gasteiger partial charge < -0.3 is 9.47 Å². The number of fused-ring (bicyclic) bond motifs is 1. The number of amides is 1. The molecule has 0 aliphatic rings. The fraction of sp³-hybridized carbons (Fsp3) is 0.0769. The van der Waals surface area contributed by atoms with Crippen LogP contribution in [0.15, 0.2) is 88.4 Å². The third-order valence-electron chi connectivity index (χ3n) is 5.22. The monoisotopic (exact) mass is 533 g/mol. The minimum absolute atomic E-state index is 0.0928. The Bertz CT molecular complexity index is 1420. The first-order valence-electron chi connectivity index (χ1n) is 10.5. The average Bonchev–Trinajstić information content (AvgIpc) is 2.87. The van der Waals surface area contributed by atoms with Crippen LogP contribution in [0.2, 0.25) is 0 Å². The van der Waals surface area contributed by atoms with Crippen molar-refractivity contribution in [3.63, 3.8) is 0 Å². The summed E-state index contributed by atoms with van der Waals surface area (Å²) in [4.78, 5) is 22.4. The summed E-state index contributed by atoms with van der Waals surface area (Å²) < 4.78 is 12.3. The molecule has 0 aromatic heterocycles. The second-order valence-electron chi connectivity index (χ2n) is 7.46. The molecule has 4 aromatic rings. The number of methoxy groups -OCH3 is 1. The summed E-state index contributed by atoms with van der Waals surface area (Å²) in [6.45, 7) is 0.356.